The van der Waals surface area contributed by atoms with Crippen molar-refractivity contribution in [3.8, 4) is 5.75 Å². The number of rotatable bonds is 10. The fourth-order valence-electron chi connectivity index (χ4n) is 3.07. The van der Waals surface area contributed by atoms with E-state index < -0.39 is 35.6 Å². The third-order valence-corrected chi connectivity index (χ3v) is 5.33. The summed E-state index contributed by atoms with van der Waals surface area (Å²) in [6, 6.07) is 10.4. The number of halogens is 3. The van der Waals surface area contributed by atoms with Crippen LogP contribution < -0.4 is 15.4 Å². The monoisotopic (exact) mass is 493 g/mol. The molecule has 0 aliphatic heterocycles. The fraction of sp³-hybridized carbons (Fsp3) is 0.292. The number of aryl methyl sites for hydroxylation is 1. The number of esters is 1. The van der Waals surface area contributed by atoms with E-state index in [9.17, 15) is 18.4 Å². The summed E-state index contributed by atoms with van der Waals surface area (Å²) >= 11 is 6.12. The number of benzene rings is 2. The number of methoxy groups -OCH3 is 1. The van der Waals surface area contributed by atoms with Gasteiger partial charge in [0.25, 0.3) is 12.3 Å². The summed E-state index contributed by atoms with van der Waals surface area (Å²) in [5.74, 6) is -1.48. The molecule has 182 valence electrons. The summed E-state index contributed by atoms with van der Waals surface area (Å²) in [5, 5.41) is 13.5. The first-order valence-electron chi connectivity index (χ1n) is 10.4. The van der Waals surface area contributed by atoms with Crippen LogP contribution in [0, 0.1) is 5.41 Å². The minimum absolute atomic E-state index is 0.268. The van der Waals surface area contributed by atoms with Crippen LogP contribution in [-0.2, 0) is 16.0 Å². The molecule has 1 unspecified atom stereocenters. The zero-order chi connectivity index (χ0) is 25.4. The highest BCUT2D eigenvalue weighted by molar-refractivity contribution is 6.31. The molecule has 0 heterocycles. The Morgan fingerprint density at radius 2 is 1.79 bits per heavy atom. The molecule has 0 spiro atoms. The van der Waals surface area contributed by atoms with Gasteiger partial charge in [0.15, 0.2) is 0 Å². The molecule has 0 fully saturated rings. The van der Waals surface area contributed by atoms with Crippen LogP contribution in [-0.4, -0.2) is 38.2 Å². The Labute approximate surface area is 201 Å². The number of hydrogen-bond acceptors (Lipinski definition) is 6. The zero-order valence-corrected chi connectivity index (χ0v) is 19.9. The molecule has 10 heteroatoms. The van der Waals surface area contributed by atoms with E-state index in [-0.39, 0.29) is 11.6 Å². The summed E-state index contributed by atoms with van der Waals surface area (Å²) in [6.45, 7) is 3.53. The Kier molecular flexibility index (Phi) is 9.56. The Hall–Kier alpha value is -3.46. The highest BCUT2D eigenvalue weighted by atomic mass is 35.5. The molecule has 7 nitrogen and oxygen atoms in total. The number of carbonyl (C=O) groups is 2. The normalized spacial score (nSPS) is 12.5. The van der Waals surface area contributed by atoms with E-state index in [4.69, 9.17) is 21.7 Å². The molecule has 0 radical (unpaired) electrons. The number of amides is 1. The van der Waals surface area contributed by atoms with Gasteiger partial charge in [-0.05, 0) is 54.8 Å². The molecule has 0 aliphatic rings. The van der Waals surface area contributed by atoms with Crippen molar-refractivity contribution in [1.29, 1.82) is 5.41 Å². The molecule has 0 saturated carbocycles. The van der Waals surface area contributed by atoms with Gasteiger partial charge in [-0.25, -0.2) is 13.6 Å². The molecular weight excluding hydrogens is 468 g/mol. The first-order valence-corrected chi connectivity index (χ1v) is 10.7. The molecule has 1 atom stereocenters. The molecule has 34 heavy (non-hydrogen) atoms. The molecule has 2 aromatic rings. The largest absolute Gasteiger partial charge is 0.465 e. The SMILES string of the molecule is CCc1cc(O/C(NC)=C(/C(=N)C(F)F)C(=O)NC(C)c2ccc(C(=O)OC)cc2)ccc1Cl. The minimum atomic E-state index is -3.21. The van der Waals surface area contributed by atoms with E-state index >= 15 is 0 Å². The van der Waals surface area contributed by atoms with Gasteiger partial charge in [-0.3, -0.25) is 10.2 Å². The zero-order valence-electron chi connectivity index (χ0n) is 19.2. The number of ether oxygens (including phenoxy) is 2. The minimum Gasteiger partial charge on any atom is -0.465 e. The van der Waals surface area contributed by atoms with Crippen molar-refractivity contribution in [2.75, 3.05) is 14.2 Å². The van der Waals surface area contributed by atoms with Gasteiger partial charge in [0.2, 0.25) is 5.88 Å². The van der Waals surface area contributed by atoms with E-state index in [0.717, 1.165) is 5.56 Å². The smallest absolute Gasteiger partial charge is 0.337 e. The van der Waals surface area contributed by atoms with Crippen molar-refractivity contribution in [2.24, 2.45) is 0 Å². The third-order valence-electron chi connectivity index (χ3n) is 4.97. The fourth-order valence-corrected chi connectivity index (χ4v) is 3.32. The van der Waals surface area contributed by atoms with E-state index in [2.05, 4.69) is 15.4 Å². The predicted molar refractivity (Wildman–Crippen MR) is 126 cm³/mol. The van der Waals surface area contributed by atoms with Gasteiger partial charge in [-0.2, -0.15) is 0 Å². The number of carbonyl (C=O) groups excluding carboxylic acids is 2. The molecule has 2 rings (SSSR count). The molecule has 1 amide bonds. The van der Waals surface area contributed by atoms with Crippen molar-refractivity contribution < 1.29 is 27.8 Å². The first kappa shape index (κ1) is 26.8. The van der Waals surface area contributed by atoms with Crippen molar-refractivity contribution in [2.45, 2.75) is 32.7 Å². The van der Waals surface area contributed by atoms with E-state index in [1.54, 1.807) is 31.2 Å². The number of hydrogen-bond donors (Lipinski definition) is 3. The lowest BCUT2D eigenvalue weighted by atomic mass is 10.0. The molecule has 0 aliphatic carbocycles. The van der Waals surface area contributed by atoms with Gasteiger partial charge >= 0.3 is 5.97 Å². The summed E-state index contributed by atoms with van der Waals surface area (Å²) in [5.41, 5.74) is -0.122. The Balaban J connectivity index is 2.36. The maximum absolute atomic E-state index is 13.5. The van der Waals surface area contributed by atoms with Gasteiger partial charge in [0.1, 0.15) is 17.0 Å². The Morgan fingerprint density at radius 3 is 2.32 bits per heavy atom. The van der Waals surface area contributed by atoms with Crippen LogP contribution in [0.25, 0.3) is 0 Å². The average molecular weight is 494 g/mol. The van der Waals surface area contributed by atoms with Crippen molar-refractivity contribution in [3.63, 3.8) is 0 Å². The topological polar surface area (TPSA) is 101 Å². The van der Waals surface area contributed by atoms with Crippen molar-refractivity contribution in [3.05, 3.63) is 75.6 Å². The van der Waals surface area contributed by atoms with Gasteiger partial charge < -0.3 is 20.1 Å². The third kappa shape index (κ3) is 6.54. The number of nitrogens with one attached hydrogen (secondary N) is 3. The maximum atomic E-state index is 13.5. The Bertz CT molecular complexity index is 1090. The second kappa shape index (κ2) is 12.1. The lowest BCUT2D eigenvalue weighted by Gasteiger charge is -2.20. The molecular formula is C24H26ClF2N3O4. The molecule has 3 N–H and O–H groups in total. The standard InChI is InChI=1S/C24H26ClF2N3O4/c1-5-14-12-17(10-11-18(14)25)34-23(29-3)19(20(28)21(26)27)22(31)30-13(2)15-6-8-16(9-7-15)24(32)33-4/h6-13,21,28-29H,5H2,1-4H3,(H,30,31)/b23-19-,28-20?. The number of alkyl halides is 2. The van der Waals surface area contributed by atoms with E-state index in [1.807, 2.05) is 6.92 Å². The summed E-state index contributed by atoms with van der Waals surface area (Å²) in [7, 11) is 2.66. The second-order valence-corrected chi connectivity index (χ2v) is 7.59. The van der Waals surface area contributed by atoms with Gasteiger partial charge in [-0.1, -0.05) is 30.7 Å². The van der Waals surface area contributed by atoms with Gasteiger partial charge in [0, 0.05) is 12.1 Å². The summed E-state index contributed by atoms with van der Waals surface area (Å²) in [4.78, 5) is 24.6. The second-order valence-electron chi connectivity index (χ2n) is 7.19. The lowest BCUT2D eigenvalue weighted by Crippen LogP contribution is -2.36. The first-order chi connectivity index (χ1) is 16.1. The summed E-state index contributed by atoms with van der Waals surface area (Å²) < 4.78 is 37.3. The van der Waals surface area contributed by atoms with Crippen LogP contribution in [0.2, 0.25) is 5.02 Å². The van der Waals surface area contributed by atoms with Crippen LogP contribution in [0.15, 0.2) is 53.9 Å². The van der Waals surface area contributed by atoms with E-state index in [0.29, 0.717) is 22.6 Å². The molecule has 0 saturated heterocycles. The van der Waals surface area contributed by atoms with Crippen LogP contribution >= 0.6 is 11.6 Å². The highest BCUT2D eigenvalue weighted by Crippen LogP contribution is 2.25. The van der Waals surface area contributed by atoms with Crippen molar-refractivity contribution >= 4 is 29.2 Å². The maximum Gasteiger partial charge on any atom is 0.337 e. The van der Waals surface area contributed by atoms with Gasteiger partial charge in [0.05, 0.1) is 18.7 Å². The molecule has 0 bridgehead atoms. The average Bonchev–Trinajstić information content (AvgIpc) is 2.83. The van der Waals surface area contributed by atoms with Crippen molar-refractivity contribution in [1.82, 2.24) is 10.6 Å². The lowest BCUT2D eigenvalue weighted by molar-refractivity contribution is -0.117. The van der Waals surface area contributed by atoms with Crippen LogP contribution in [0.1, 0.15) is 41.4 Å². The van der Waals surface area contributed by atoms with Crippen LogP contribution in [0.3, 0.4) is 0 Å². The Morgan fingerprint density at radius 1 is 1.15 bits per heavy atom. The summed E-state index contributed by atoms with van der Waals surface area (Å²) in [6.07, 6.45) is -2.60. The predicted octanol–water partition coefficient (Wildman–Crippen LogP) is 4.66. The molecule has 2 aromatic carbocycles. The van der Waals surface area contributed by atoms with Crippen LogP contribution in [0.4, 0.5) is 8.78 Å². The quantitative estimate of drug-likeness (QED) is 0.193. The van der Waals surface area contributed by atoms with Crippen LogP contribution in [0.5, 0.6) is 5.75 Å². The van der Waals surface area contributed by atoms with E-state index in [1.165, 1.54) is 32.4 Å². The van der Waals surface area contributed by atoms with Gasteiger partial charge in [-0.15, -0.1) is 0 Å². The molecule has 0 aromatic heterocycles. The highest BCUT2D eigenvalue weighted by Gasteiger charge is 2.29.